The van der Waals surface area contributed by atoms with Gasteiger partial charge in [0.05, 0.1) is 0 Å². The van der Waals surface area contributed by atoms with Gasteiger partial charge in [-0.2, -0.15) is 0 Å². The number of oxime groups is 2. The molecule has 0 rings (SSSR count). The number of ketones is 1. The van der Waals surface area contributed by atoms with Crippen molar-refractivity contribution in [2.24, 2.45) is 10.3 Å². The van der Waals surface area contributed by atoms with E-state index < -0.39 is 5.78 Å². The molecule has 5 nitrogen and oxygen atoms in total. The molecular weight excluding hydrogens is 136 g/mol. The van der Waals surface area contributed by atoms with Gasteiger partial charge in [0, 0.05) is 6.92 Å². The van der Waals surface area contributed by atoms with Gasteiger partial charge in [0.15, 0.2) is 11.5 Å². The van der Waals surface area contributed by atoms with Gasteiger partial charge in [-0.25, -0.2) is 0 Å². The average Bonchev–Trinajstić information content (AvgIpc) is 1.88. The van der Waals surface area contributed by atoms with Crippen LogP contribution in [-0.2, 0) is 4.79 Å². The number of carbonyl (C=O) groups excluding carboxylic acids is 1. The van der Waals surface area contributed by atoms with Crippen LogP contribution in [0.15, 0.2) is 10.3 Å². The third-order valence-electron chi connectivity index (χ3n) is 0.926. The van der Waals surface area contributed by atoms with Crippen molar-refractivity contribution in [3.05, 3.63) is 0 Å². The summed E-state index contributed by atoms with van der Waals surface area (Å²) in [5.74, 6) is -0.446. The fraction of sp³-hybridized carbons (Fsp3) is 0.400. The number of nitrogens with zero attached hydrogens (tertiary/aromatic N) is 2. The highest BCUT2D eigenvalue weighted by Crippen LogP contribution is 1.84. The monoisotopic (exact) mass is 144 g/mol. The first-order chi connectivity index (χ1) is 4.63. The van der Waals surface area contributed by atoms with Crippen molar-refractivity contribution in [1.82, 2.24) is 0 Å². The SMILES string of the molecule is CC(=O)C(=N\O)/C(C)=N\O. The fourth-order valence-electron chi connectivity index (χ4n) is 0.445. The zero-order chi connectivity index (χ0) is 8.15. The zero-order valence-electron chi connectivity index (χ0n) is 5.70. The Morgan fingerprint density at radius 1 is 1.20 bits per heavy atom. The molecule has 0 unspecified atom stereocenters. The molecule has 0 spiro atoms. The largest absolute Gasteiger partial charge is 0.411 e. The minimum atomic E-state index is -0.446. The summed E-state index contributed by atoms with van der Waals surface area (Å²) in [5.41, 5.74) is -0.238. The van der Waals surface area contributed by atoms with Crippen molar-refractivity contribution in [2.45, 2.75) is 13.8 Å². The lowest BCUT2D eigenvalue weighted by molar-refractivity contribution is -0.111. The molecule has 0 aliphatic carbocycles. The van der Waals surface area contributed by atoms with E-state index in [1.54, 1.807) is 0 Å². The molecule has 0 aliphatic rings. The molecule has 56 valence electrons. The Morgan fingerprint density at radius 2 is 1.70 bits per heavy atom. The molecule has 0 amide bonds. The summed E-state index contributed by atoms with van der Waals surface area (Å²) < 4.78 is 0. The van der Waals surface area contributed by atoms with Crippen molar-refractivity contribution in [3.8, 4) is 0 Å². The summed E-state index contributed by atoms with van der Waals surface area (Å²) in [5, 5.41) is 21.6. The summed E-state index contributed by atoms with van der Waals surface area (Å²) in [4.78, 5) is 10.5. The van der Waals surface area contributed by atoms with Crippen LogP contribution in [0.4, 0.5) is 0 Å². The van der Waals surface area contributed by atoms with Crippen LogP contribution in [0, 0.1) is 0 Å². The average molecular weight is 144 g/mol. The van der Waals surface area contributed by atoms with E-state index >= 15 is 0 Å². The molecular formula is C5H8N2O3. The molecule has 0 atom stereocenters. The highest BCUT2D eigenvalue weighted by atomic mass is 16.4. The molecule has 0 radical (unpaired) electrons. The Morgan fingerprint density at radius 3 is 1.80 bits per heavy atom. The smallest absolute Gasteiger partial charge is 0.183 e. The van der Waals surface area contributed by atoms with Crippen molar-refractivity contribution < 1.29 is 15.2 Å². The van der Waals surface area contributed by atoms with Gasteiger partial charge in [0.25, 0.3) is 0 Å². The Balaban J connectivity index is 4.56. The Labute approximate surface area is 57.6 Å². The van der Waals surface area contributed by atoms with E-state index in [-0.39, 0.29) is 11.4 Å². The van der Waals surface area contributed by atoms with Gasteiger partial charge in [-0.1, -0.05) is 10.3 Å². The van der Waals surface area contributed by atoms with Gasteiger partial charge in [0.2, 0.25) is 0 Å². The van der Waals surface area contributed by atoms with Gasteiger partial charge < -0.3 is 10.4 Å². The maximum absolute atomic E-state index is 10.5. The third kappa shape index (κ3) is 1.85. The minimum Gasteiger partial charge on any atom is -0.411 e. The molecule has 0 aromatic rings. The number of carbonyl (C=O) groups is 1. The Hall–Kier alpha value is -1.39. The standard InChI is InChI=1S/C5H8N2O3/c1-3(6-9)5(7-10)4(2)8/h9-10H,1-2H3/b6-3-,7-5-. The maximum atomic E-state index is 10.5. The first-order valence-electron chi connectivity index (χ1n) is 2.55. The number of Topliss-reactive ketones (excluding diaryl/α,β-unsaturated/α-hetero) is 1. The normalized spacial score (nSPS) is 13.4. The molecule has 2 N–H and O–H groups in total. The van der Waals surface area contributed by atoms with E-state index in [2.05, 4.69) is 10.3 Å². The van der Waals surface area contributed by atoms with Crippen LogP contribution in [0.1, 0.15) is 13.8 Å². The van der Waals surface area contributed by atoms with E-state index in [9.17, 15) is 4.79 Å². The topological polar surface area (TPSA) is 82.2 Å². The number of rotatable bonds is 2. The molecule has 0 fully saturated rings. The van der Waals surface area contributed by atoms with E-state index in [4.69, 9.17) is 10.4 Å². The van der Waals surface area contributed by atoms with Crippen LogP contribution in [0.25, 0.3) is 0 Å². The molecule has 0 saturated carbocycles. The first kappa shape index (κ1) is 8.61. The third-order valence-corrected chi connectivity index (χ3v) is 0.926. The second kappa shape index (κ2) is 3.60. The van der Waals surface area contributed by atoms with Crippen LogP contribution in [0.3, 0.4) is 0 Å². The van der Waals surface area contributed by atoms with Crippen molar-refractivity contribution in [1.29, 1.82) is 0 Å². The Kier molecular flexibility index (Phi) is 3.10. The van der Waals surface area contributed by atoms with E-state index in [0.29, 0.717) is 0 Å². The van der Waals surface area contributed by atoms with Crippen molar-refractivity contribution in [2.75, 3.05) is 0 Å². The summed E-state index contributed by atoms with van der Waals surface area (Å²) in [6.45, 7) is 2.57. The highest BCUT2D eigenvalue weighted by Gasteiger charge is 2.09. The Bertz CT molecular complexity index is 195. The molecule has 0 aromatic carbocycles. The number of hydrogen-bond donors (Lipinski definition) is 2. The van der Waals surface area contributed by atoms with Gasteiger partial charge in [-0.3, -0.25) is 4.79 Å². The molecule has 0 aliphatic heterocycles. The molecule has 10 heavy (non-hydrogen) atoms. The van der Waals surface area contributed by atoms with E-state index in [1.807, 2.05) is 0 Å². The highest BCUT2D eigenvalue weighted by molar-refractivity contribution is 6.66. The first-order valence-corrected chi connectivity index (χ1v) is 2.55. The summed E-state index contributed by atoms with van der Waals surface area (Å²) in [7, 11) is 0. The maximum Gasteiger partial charge on any atom is 0.183 e. The number of hydrogen-bond acceptors (Lipinski definition) is 5. The van der Waals surface area contributed by atoms with Crippen LogP contribution < -0.4 is 0 Å². The van der Waals surface area contributed by atoms with Crippen LogP contribution in [0.2, 0.25) is 0 Å². The fourth-order valence-corrected chi connectivity index (χ4v) is 0.445. The summed E-state index contributed by atoms with van der Waals surface area (Å²) >= 11 is 0. The summed E-state index contributed by atoms with van der Waals surface area (Å²) in [6, 6.07) is 0. The van der Waals surface area contributed by atoms with Crippen molar-refractivity contribution in [3.63, 3.8) is 0 Å². The molecule has 0 aromatic heterocycles. The predicted octanol–water partition coefficient (Wildman–Crippen LogP) is 0.256. The lowest BCUT2D eigenvalue weighted by atomic mass is 10.2. The van der Waals surface area contributed by atoms with Gasteiger partial charge in [-0.05, 0) is 6.92 Å². The van der Waals surface area contributed by atoms with Gasteiger partial charge in [-0.15, -0.1) is 0 Å². The zero-order valence-corrected chi connectivity index (χ0v) is 5.70. The van der Waals surface area contributed by atoms with E-state index in [0.717, 1.165) is 0 Å². The molecule has 0 bridgehead atoms. The lowest BCUT2D eigenvalue weighted by Gasteiger charge is -1.93. The van der Waals surface area contributed by atoms with Crippen molar-refractivity contribution >= 4 is 17.2 Å². The second-order valence-electron chi connectivity index (χ2n) is 1.69. The summed E-state index contributed by atoms with van der Waals surface area (Å²) in [6.07, 6.45) is 0. The molecule has 5 heteroatoms. The molecule has 0 heterocycles. The van der Waals surface area contributed by atoms with E-state index in [1.165, 1.54) is 13.8 Å². The lowest BCUT2D eigenvalue weighted by Crippen LogP contribution is -2.19. The van der Waals surface area contributed by atoms with Gasteiger partial charge >= 0.3 is 0 Å². The molecule has 0 saturated heterocycles. The van der Waals surface area contributed by atoms with Crippen LogP contribution in [0.5, 0.6) is 0 Å². The van der Waals surface area contributed by atoms with Gasteiger partial charge in [0.1, 0.15) is 5.71 Å². The van der Waals surface area contributed by atoms with Crippen LogP contribution in [-0.4, -0.2) is 27.6 Å². The quantitative estimate of drug-likeness (QED) is 0.331. The van der Waals surface area contributed by atoms with Crippen LogP contribution >= 0.6 is 0 Å². The second-order valence-corrected chi connectivity index (χ2v) is 1.69. The minimum absolute atomic E-state index is 0.00463. The predicted molar refractivity (Wildman–Crippen MR) is 34.8 cm³/mol.